The maximum atomic E-state index is 12.7. The summed E-state index contributed by atoms with van der Waals surface area (Å²) in [4.78, 5) is 0.205. The van der Waals surface area contributed by atoms with Crippen LogP contribution in [0.3, 0.4) is 0 Å². The van der Waals surface area contributed by atoms with Crippen molar-refractivity contribution in [3.8, 4) is 0 Å². The molecule has 1 N–H and O–H groups in total. The van der Waals surface area contributed by atoms with E-state index in [9.17, 15) is 13.5 Å². The average molecular weight is 287 g/mol. The lowest BCUT2D eigenvalue weighted by atomic mass is 10.2. The van der Waals surface area contributed by atoms with Gasteiger partial charge in [-0.25, -0.2) is 12.4 Å². The van der Waals surface area contributed by atoms with E-state index in [1.54, 1.807) is 48.5 Å². The minimum atomic E-state index is -3.71. The van der Waals surface area contributed by atoms with Crippen LogP contribution < -0.4 is 0 Å². The van der Waals surface area contributed by atoms with Crippen LogP contribution in [0.25, 0.3) is 10.9 Å². The van der Waals surface area contributed by atoms with Gasteiger partial charge in [0.1, 0.15) is 0 Å². The van der Waals surface area contributed by atoms with Crippen molar-refractivity contribution < 1.29 is 13.5 Å². The summed E-state index contributed by atoms with van der Waals surface area (Å²) in [5.41, 5.74) is 0.926. The number of aromatic nitrogens is 1. The first-order valence-electron chi connectivity index (χ1n) is 6.15. The summed E-state index contributed by atoms with van der Waals surface area (Å²) in [6.07, 6.45) is 0. The number of fused-ring (bicyclic) bond motifs is 1. The number of hydrogen-bond donors (Lipinski definition) is 1. The highest BCUT2D eigenvalue weighted by atomic mass is 32.2. The molecule has 1 aromatic heterocycles. The van der Waals surface area contributed by atoms with Crippen molar-refractivity contribution in [2.45, 2.75) is 11.5 Å². The Morgan fingerprint density at radius 3 is 2.30 bits per heavy atom. The largest absolute Gasteiger partial charge is 0.390 e. The number of nitrogens with zero attached hydrogens (tertiary/aromatic N) is 1. The predicted molar refractivity (Wildman–Crippen MR) is 76.9 cm³/mol. The van der Waals surface area contributed by atoms with Gasteiger partial charge in [-0.15, -0.1) is 0 Å². The number of aliphatic hydroxyl groups excluding tert-OH is 1. The van der Waals surface area contributed by atoms with Crippen molar-refractivity contribution >= 4 is 20.9 Å². The lowest BCUT2D eigenvalue weighted by Gasteiger charge is -2.10. The summed E-state index contributed by atoms with van der Waals surface area (Å²) in [6.45, 7) is -0.333. The molecule has 3 rings (SSSR count). The van der Waals surface area contributed by atoms with Crippen molar-refractivity contribution in [2.24, 2.45) is 0 Å². The van der Waals surface area contributed by atoms with E-state index < -0.39 is 10.0 Å². The number of hydrogen-bond acceptors (Lipinski definition) is 3. The topological polar surface area (TPSA) is 59.3 Å². The van der Waals surface area contributed by atoms with Crippen LogP contribution in [0.2, 0.25) is 0 Å². The lowest BCUT2D eigenvalue weighted by molar-refractivity contribution is 0.276. The van der Waals surface area contributed by atoms with Crippen LogP contribution in [0.15, 0.2) is 65.6 Å². The molecule has 0 saturated carbocycles. The third-order valence-corrected chi connectivity index (χ3v) is 4.96. The molecule has 0 spiro atoms. The zero-order chi connectivity index (χ0) is 14.2. The molecule has 0 fully saturated rings. The predicted octanol–water partition coefficient (Wildman–Crippen LogP) is 2.37. The van der Waals surface area contributed by atoms with Crippen LogP contribution in [-0.4, -0.2) is 17.5 Å². The summed E-state index contributed by atoms with van der Waals surface area (Å²) in [5, 5.41) is 10.2. The Kier molecular flexibility index (Phi) is 3.08. The molecule has 5 heteroatoms. The maximum Gasteiger partial charge on any atom is 0.268 e. The third-order valence-electron chi connectivity index (χ3n) is 3.18. The third kappa shape index (κ3) is 1.92. The van der Waals surface area contributed by atoms with Crippen LogP contribution in [0.5, 0.6) is 0 Å². The molecule has 0 aliphatic carbocycles. The molecule has 20 heavy (non-hydrogen) atoms. The van der Waals surface area contributed by atoms with E-state index >= 15 is 0 Å². The Morgan fingerprint density at radius 2 is 1.60 bits per heavy atom. The average Bonchev–Trinajstić information content (AvgIpc) is 2.87. The normalized spacial score (nSPS) is 11.8. The Balaban J connectivity index is 2.34. The molecular formula is C15H13NO3S. The minimum Gasteiger partial charge on any atom is -0.390 e. The number of aliphatic hydroxyl groups is 1. The highest BCUT2D eigenvalue weighted by molar-refractivity contribution is 7.90. The molecule has 4 nitrogen and oxygen atoms in total. The Hall–Kier alpha value is -2.11. The van der Waals surface area contributed by atoms with Gasteiger partial charge in [-0.05, 0) is 24.3 Å². The van der Waals surface area contributed by atoms with Crippen LogP contribution in [0, 0.1) is 0 Å². The summed E-state index contributed by atoms with van der Waals surface area (Å²) in [5.74, 6) is 0. The highest BCUT2D eigenvalue weighted by Gasteiger charge is 2.22. The molecule has 0 aliphatic heterocycles. The number of rotatable bonds is 3. The fourth-order valence-electron chi connectivity index (χ4n) is 2.28. The zero-order valence-corrected chi connectivity index (χ0v) is 11.4. The Labute approximate surface area is 117 Å². The van der Waals surface area contributed by atoms with Crippen molar-refractivity contribution in [3.63, 3.8) is 0 Å². The van der Waals surface area contributed by atoms with Gasteiger partial charge in [-0.2, -0.15) is 0 Å². The molecule has 2 aromatic carbocycles. The molecule has 0 bridgehead atoms. The van der Waals surface area contributed by atoms with E-state index in [2.05, 4.69) is 0 Å². The summed E-state index contributed by atoms with van der Waals surface area (Å²) < 4.78 is 26.7. The SMILES string of the molecule is O=S(=O)(c1ccccc1)n1c(CO)cc2ccccc21. The van der Waals surface area contributed by atoms with Crippen molar-refractivity contribution in [1.29, 1.82) is 0 Å². The molecule has 0 atom stereocenters. The van der Waals surface area contributed by atoms with Gasteiger partial charge in [0.25, 0.3) is 10.0 Å². The van der Waals surface area contributed by atoms with Gasteiger partial charge in [0.15, 0.2) is 0 Å². The van der Waals surface area contributed by atoms with E-state index in [0.29, 0.717) is 11.2 Å². The Bertz CT molecular complexity index is 851. The van der Waals surface area contributed by atoms with Crippen molar-refractivity contribution in [1.82, 2.24) is 3.97 Å². The fraction of sp³-hybridized carbons (Fsp3) is 0.0667. The first-order chi connectivity index (χ1) is 9.64. The molecule has 0 aliphatic rings. The molecule has 102 valence electrons. The zero-order valence-electron chi connectivity index (χ0n) is 10.6. The van der Waals surface area contributed by atoms with Crippen molar-refractivity contribution in [2.75, 3.05) is 0 Å². The molecule has 1 heterocycles. The smallest absolute Gasteiger partial charge is 0.268 e. The second kappa shape index (κ2) is 4.77. The molecule has 3 aromatic rings. The molecule has 0 saturated heterocycles. The summed E-state index contributed by atoms with van der Waals surface area (Å²) in [6, 6.07) is 17.1. The summed E-state index contributed by atoms with van der Waals surface area (Å²) >= 11 is 0. The quantitative estimate of drug-likeness (QED) is 0.804. The Morgan fingerprint density at radius 1 is 0.950 bits per heavy atom. The second-order valence-electron chi connectivity index (χ2n) is 4.44. The van der Waals surface area contributed by atoms with Gasteiger partial charge in [-0.1, -0.05) is 36.4 Å². The second-order valence-corrected chi connectivity index (χ2v) is 6.22. The van der Waals surface area contributed by atoms with Gasteiger partial charge in [0.05, 0.1) is 22.7 Å². The lowest BCUT2D eigenvalue weighted by Crippen LogP contribution is -2.15. The first-order valence-corrected chi connectivity index (χ1v) is 7.59. The standard InChI is InChI=1S/C15H13NO3S/c17-11-13-10-12-6-4-5-9-15(12)16(13)20(18,19)14-7-2-1-3-8-14/h1-10,17H,11H2. The van der Waals surface area contributed by atoms with Gasteiger partial charge >= 0.3 is 0 Å². The van der Waals surface area contributed by atoms with Gasteiger partial charge in [0, 0.05) is 5.39 Å². The van der Waals surface area contributed by atoms with Crippen LogP contribution >= 0.6 is 0 Å². The van der Waals surface area contributed by atoms with Gasteiger partial charge < -0.3 is 5.11 Å². The molecule has 0 unspecified atom stereocenters. The molecule has 0 amide bonds. The first kappa shape index (κ1) is 12.9. The van der Waals surface area contributed by atoms with Crippen LogP contribution in [-0.2, 0) is 16.6 Å². The van der Waals surface area contributed by atoms with Gasteiger partial charge in [0.2, 0.25) is 0 Å². The minimum absolute atomic E-state index is 0.205. The van der Waals surface area contributed by atoms with Gasteiger partial charge in [-0.3, -0.25) is 0 Å². The maximum absolute atomic E-state index is 12.7. The fourth-order valence-corrected chi connectivity index (χ4v) is 3.84. The van der Waals surface area contributed by atoms with E-state index in [4.69, 9.17) is 0 Å². The summed E-state index contributed by atoms with van der Waals surface area (Å²) in [7, 11) is -3.71. The van der Waals surface area contributed by atoms with Crippen LogP contribution in [0.4, 0.5) is 0 Å². The number of para-hydroxylation sites is 1. The molecular weight excluding hydrogens is 274 g/mol. The van der Waals surface area contributed by atoms with Crippen molar-refractivity contribution in [3.05, 3.63) is 66.4 Å². The molecule has 0 radical (unpaired) electrons. The van der Waals surface area contributed by atoms with E-state index in [1.807, 2.05) is 12.1 Å². The highest BCUT2D eigenvalue weighted by Crippen LogP contribution is 2.25. The van der Waals surface area contributed by atoms with E-state index in [-0.39, 0.29) is 11.5 Å². The monoisotopic (exact) mass is 287 g/mol. The number of benzene rings is 2. The van der Waals surface area contributed by atoms with E-state index in [1.165, 1.54) is 3.97 Å². The van der Waals surface area contributed by atoms with E-state index in [0.717, 1.165) is 5.39 Å². The van der Waals surface area contributed by atoms with Crippen LogP contribution in [0.1, 0.15) is 5.69 Å².